The minimum Gasteiger partial charge on any atom is -0.378 e. The molecule has 0 aromatic heterocycles. The van der Waals surface area contributed by atoms with E-state index in [-0.39, 0.29) is 11.9 Å². The van der Waals surface area contributed by atoms with Crippen LogP contribution >= 0.6 is 11.6 Å². The summed E-state index contributed by atoms with van der Waals surface area (Å²) < 4.78 is 0. The molecular formula is C19H17ClN2O. The Morgan fingerprint density at radius 2 is 2.09 bits per heavy atom. The lowest BCUT2D eigenvalue weighted by Gasteiger charge is -2.37. The van der Waals surface area contributed by atoms with Gasteiger partial charge in [-0.1, -0.05) is 35.9 Å². The largest absolute Gasteiger partial charge is 0.378 e. The Balaban J connectivity index is 1.79. The molecule has 23 heavy (non-hydrogen) atoms. The van der Waals surface area contributed by atoms with Gasteiger partial charge < -0.3 is 11.1 Å². The van der Waals surface area contributed by atoms with Gasteiger partial charge in [0.1, 0.15) is 0 Å². The molecule has 0 saturated carbocycles. The normalized spacial score (nSPS) is 24.7. The van der Waals surface area contributed by atoms with Gasteiger partial charge >= 0.3 is 0 Å². The third kappa shape index (κ3) is 2.41. The fraction of sp³-hybridized carbons (Fsp3) is 0.211. The van der Waals surface area contributed by atoms with Gasteiger partial charge in [-0.3, -0.25) is 4.79 Å². The predicted molar refractivity (Wildman–Crippen MR) is 92.8 cm³/mol. The van der Waals surface area contributed by atoms with E-state index >= 15 is 0 Å². The van der Waals surface area contributed by atoms with Gasteiger partial charge in [0, 0.05) is 22.2 Å². The number of nitrogens with one attached hydrogen (secondary N) is 1. The molecule has 4 heteroatoms. The summed E-state index contributed by atoms with van der Waals surface area (Å²) in [5, 5.41) is 4.38. The van der Waals surface area contributed by atoms with Crippen molar-refractivity contribution in [2.24, 2.45) is 11.7 Å². The average Bonchev–Trinajstić information content (AvgIpc) is 3.03. The quantitative estimate of drug-likeness (QED) is 0.811. The topological polar surface area (TPSA) is 55.1 Å². The molecule has 2 aliphatic rings. The summed E-state index contributed by atoms with van der Waals surface area (Å²) >= 11 is 6.17. The second-order valence-electron chi connectivity index (χ2n) is 6.20. The van der Waals surface area contributed by atoms with E-state index in [9.17, 15) is 4.79 Å². The molecule has 3 atom stereocenters. The Hall–Kier alpha value is -2.26. The molecule has 3 N–H and O–H groups in total. The minimum atomic E-state index is -0.386. The highest BCUT2D eigenvalue weighted by molar-refractivity contribution is 6.30. The molecule has 1 aliphatic heterocycles. The van der Waals surface area contributed by atoms with Crippen molar-refractivity contribution in [3.05, 3.63) is 76.3 Å². The van der Waals surface area contributed by atoms with Crippen molar-refractivity contribution in [3.8, 4) is 0 Å². The van der Waals surface area contributed by atoms with Gasteiger partial charge in [0.2, 0.25) is 5.91 Å². The van der Waals surface area contributed by atoms with Crippen LogP contribution in [0.1, 0.15) is 39.9 Å². The highest BCUT2D eigenvalue weighted by Gasteiger charge is 2.38. The molecule has 116 valence electrons. The number of rotatable bonds is 2. The van der Waals surface area contributed by atoms with E-state index < -0.39 is 0 Å². The summed E-state index contributed by atoms with van der Waals surface area (Å²) in [6, 6.07) is 13.9. The zero-order valence-electron chi connectivity index (χ0n) is 12.5. The van der Waals surface area contributed by atoms with Crippen LogP contribution in [0.25, 0.3) is 0 Å². The van der Waals surface area contributed by atoms with Crippen LogP contribution in [0.5, 0.6) is 0 Å². The van der Waals surface area contributed by atoms with E-state index in [2.05, 4.69) is 23.5 Å². The lowest BCUT2D eigenvalue weighted by Crippen LogP contribution is -2.29. The molecule has 0 spiro atoms. The minimum absolute atomic E-state index is 0.209. The zero-order chi connectivity index (χ0) is 16.0. The van der Waals surface area contributed by atoms with Gasteiger partial charge in [-0.05, 0) is 53.8 Å². The Kier molecular flexibility index (Phi) is 3.38. The lowest BCUT2D eigenvalue weighted by atomic mass is 9.76. The van der Waals surface area contributed by atoms with Crippen LogP contribution in [0.4, 0.5) is 5.69 Å². The zero-order valence-corrected chi connectivity index (χ0v) is 13.3. The number of hydrogen-bond acceptors (Lipinski definition) is 2. The van der Waals surface area contributed by atoms with Gasteiger partial charge in [-0.15, -0.1) is 0 Å². The number of benzene rings is 2. The Bertz CT molecular complexity index is 815. The summed E-state index contributed by atoms with van der Waals surface area (Å²) in [6.45, 7) is 0. The number of carbonyl (C=O) groups is 1. The van der Waals surface area contributed by atoms with Crippen LogP contribution in [0.15, 0.2) is 54.6 Å². The number of allylic oxidation sites excluding steroid dienone is 2. The number of nitrogens with two attached hydrogens (primary N) is 1. The molecule has 1 aliphatic carbocycles. The fourth-order valence-electron chi connectivity index (χ4n) is 3.78. The van der Waals surface area contributed by atoms with Gasteiger partial charge in [0.15, 0.2) is 0 Å². The molecule has 0 radical (unpaired) electrons. The molecular weight excluding hydrogens is 308 g/mol. The molecule has 0 bridgehead atoms. The smallest absolute Gasteiger partial charge is 0.248 e. The number of primary amides is 1. The average molecular weight is 325 g/mol. The highest BCUT2D eigenvalue weighted by atomic mass is 35.5. The summed E-state index contributed by atoms with van der Waals surface area (Å²) in [5.41, 5.74) is 9.40. The van der Waals surface area contributed by atoms with Crippen molar-refractivity contribution < 1.29 is 4.79 Å². The van der Waals surface area contributed by atoms with Crippen molar-refractivity contribution in [3.63, 3.8) is 0 Å². The number of carbonyl (C=O) groups excluding carboxylic acids is 1. The Labute approximate surface area is 140 Å². The monoisotopic (exact) mass is 324 g/mol. The molecule has 1 heterocycles. The molecule has 0 fully saturated rings. The first-order chi connectivity index (χ1) is 11.1. The van der Waals surface area contributed by atoms with E-state index in [1.165, 1.54) is 5.56 Å². The molecule has 1 amide bonds. The summed E-state index contributed by atoms with van der Waals surface area (Å²) in [6.07, 6.45) is 5.47. The van der Waals surface area contributed by atoms with Crippen LogP contribution in [0, 0.1) is 5.92 Å². The van der Waals surface area contributed by atoms with Crippen molar-refractivity contribution in [1.29, 1.82) is 0 Å². The van der Waals surface area contributed by atoms with Crippen molar-refractivity contribution in [2.75, 3.05) is 5.32 Å². The number of halogens is 1. The first-order valence-corrected chi connectivity index (χ1v) is 8.14. The summed E-state index contributed by atoms with van der Waals surface area (Å²) in [4.78, 5) is 11.5. The number of hydrogen-bond donors (Lipinski definition) is 2. The molecule has 4 rings (SSSR count). The lowest BCUT2D eigenvalue weighted by molar-refractivity contribution is 0.1000. The molecule has 3 unspecified atom stereocenters. The van der Waals surface area contributed by atoms with E-state index in [4.69, 9.17) is 17.3 Å². The first kappa shape index (κ1) is 14.3. The maximum absolute atomic E-state index is 11.5. The number of anilines is 1. The number of fused-ring (bicyclic) bond motifs is 3. The van der Waals surface area contributed by atoms with E-state index in [1.807, 2.05) is 30.3 Å². The SMILES string of the molecule is NC(=O)c1ccc2c(c1)C1C=CCC1C(c1cccc(Cl)c1)N2. The van der Waals surface area contributed by atoms with Crippen LogP contribution in [-0.2, 0) is 0 Å². The van der Waals surface area contributed by atoms with Gasteiger partial charge in [-0.2, -0.15) is 0 Å². The molecule has 2 aromatic rings. The van der Waals surface area contributed by atoms with E-state index in [1.54, 1.807) is 6.07 Å². The third-order valence-electron chi connectivity index (χ3n) is 4.86. The molecule has 2 aromatic carbocycles. The van der Waals surface area contributed by atoms with Crippen molar-refractivity contribution in [1.82, 2.24) is 0 Å². The maximum Gasteiger partial charge on any atom is 0.248 e. The van der Waals surface area contributed by atoms with Crippen LogP contribution in [0.2, 0.25) is 5.02 Å². The van der Waals surface area contributed by atoms with Crippen LogP contribution < -0.4 is 11.1 Å². The third-order valence-corrected chi connectivity index (χ3v) is 5.09. The number of amides is 1. The second-order valence-corrected chi connectivity index (χ2v) is 6.63. The van der Waals surface area contributed by atoms with Crippen molar-refractivity contribution >= 4 is 23.2 Å². The van der Waals surface area contributed by atoms with Gasteiger partial charge in [0.25, 0.3) is 0 Å². The highest BCUT2D eigenvalue weighted by Crippen LogP contribution is 2.50. The summed E-state index contributed by atoms with van der Waals surface area (Å²) in [7, 11) is 0. The standard InChI is InChI=1S/C19H17ClN2O/c20-13-4-1-3-11(9-13)18-15-6-2-5-14(15)16-10-12(19(21)23)7-8-17(16)22-18/h1-5,7-10,14-15,18,22H,6H2,(H2,21,23). The van der Waals surface area contributed by atoms with Crippen LogP contribution in [-0.4, -0.2) is 5.91 Å². The van der Waals surface area contributed by atoms with E-state index in [0.29, 0.717) is 17.4 Å². The first-order valence-electron chi connectivity index (χ1n) is 7.76. The molecule has 3 nitrogen and oxygen atoms in total. The van der Waals surface area contributed by atoms with Gasteiger partial charge in [0.05, 0.1) is 6.04 Å². The molecule has 0 saturated heterocycles. The van der Waals surface area contributed by atoms with E-state index in [0.717, 1.165) is 22.7 Å². The predicted octanol–water partition coefficient (Wildman–Crippen LogP) is 4.27. The second kappa shape index (κ2) is 5.43. The Morgan fingerprint density at radius 1 is 1.22 bits per heavy atom. The maximum atomic E-state index is 11.5. The van der Waals surface area contributed by atoms with Crippen LogP contribution in [0.3, 0.4) is 0 Å². The Morgan fingerprint density at radius 3 is 2.87 bits per heavy atom. The van der Waals surface area contributed by atoms with Gasteiger partial charge in [-0.25, -0.2) is 0 Å². The van der Waals surface area contributed by atoms with Crippen molar-refractivity contribution in [2.45, 2.75) is 18.4 Å². The summed E-state index contributed by atoms with van der Waals surface area (Å²) in [5.74, 6) is 0.335. The fourth-order valence-corrected chi connectivity index (χ4v) is 3.98.